The van der Waals surface area contributed by atoms with Crippen LogP contribution in [0.25, 0.3) is 0 Å². The van der Waals surface area contributed by atoms with E-state index in [0.29, 0.717) is 11.5 Å². The topological polar surface area (TPSA) is 43.4 Å². The van der Waals surface area contributed by atoms with E-state index in [-0.39, 0.29) is 56.7 Å². The summed E-state index contributed by atoms with van der Waals surface area (Å²) in [7, 11) is 0. The van der Waals surface area contributed by atoms with Gasteiger partial charge in [0.1, 0.15) is 46.0 Å². The van der Waals surface area contributed by atoms with Crippen molar-refractivity contribution in [3.63, 3.8) is 0 Å². The zero-order valence-corrected chi connectivity index (χ0v) is 60.7. The Morgan fingerprint density at radius 2 is 0.543 bits per heavy atom. The van der Waals surface area contributed by atoms with Gasteiger partial charge in [0.15, 0.2) is 0 Å². The molecule has 4 aliphatic heterocycles. The highest BCUT2D eigenvalue weighted by Crippen LogP contribution is 2.51. The lowest BCUT2D eigenvalue weighted by Crippen LogP contribution is -2.64. The van der Waals surface area contributed by atoms with Gasteiger partial charge in [-0.15, -0.1) is 0 Å². The minimum Gasteiger partial charge on any atom is -0.458 e. The molecule has 0 radical (unpaired) electrons. The molecule has 13 rings (SSSR count). The van der Waals surface area contributed by atoms with Crippen LogP contribution in [0.3, 0.4) is 0 Å². The van der Waals surface area contributed by atoms with Crippen molar-refractivity contribution >= 4 is 80.3 Å². The highest BCUT2D eigenvalue weighted by molar-refractivity contribution is 7.02. The molecule has 0 fully saturated rings. The summed E-state index contributed by atoms with van der Waals surface area (Å²) in [6, 6.07) is 59.2. The van der Waals surface area contributed by atoms with Gasteiger partial charge in [-0.05, 0) is 181 Å². The Hall–Kier alpha value is -8.09. The van der Waals surface area contributed by atoms with E-state index in [4.69, 9.17) is 18.9 Å². The average molecular weight is 1250 g/mol. The number of hydrogen-bond acceptors (Lipinski definition) is 6. The molecule has 0 bridgehead atoms. The smallest absolute Gasteiger partial charge is 0.256 e. The van der Waals surface area contributed by atoms with E-state index in [9.17, 15) is 0 Å². The fourth-order valence-corrected chi connectivity index (χ4v) is 14.5. The van der Waals surface area contributed by atoms with Gasteiger partial charge < -0.3 is 28.7 Å². The van der Waals surface area contributed by atoms with Crippen molar-refractivity contribution in [2.75, 3.05) is 9.80 Å². The maximum atomic E-state index is 7.62. The number of ether oxygens (including phenoxy) is 4. The molecule has 0 N–H and O–H groups in total. The van der Waals surface area contributed by atoms with Gasteiger partial charge in [-0.1, -0.05) is 233 Å². The molecule has 4 aliphatic rings. The van der Waals surface area contributed by atoms with Crippen molar-refractivity contribution in [3.8, 4) is 46.0 Å². The standard InChI is InChI=1S/C86H98B2N2O4/c1-79(2,3)51-25-33-57(34-26-51)89-67-43-55(83(13,14)15)41-63(85(19,20)21)75(67)87-65-49-66-72(50-71(65)93-73-47-61(45-69(89)77(73)87)91-59-37-29-53(30-38-59)81(7,8)9)94-74-48-62(92-60-39-31-54(32-40-60)82(10,11)12)46-70-78(74)88(66)76-64(86(22,23)24)42-56(84(16,17)18)44-68(76)90(70)58-35-27-52(28-36-58)80(4,5)6/h25-50H,1-24H3. The molecule has 0 spiro atoms. The van der Waals surface area contributed by atoms with E-state index >= 15 is 0 Å². The zero-order chi connectivity index (χ0) is 67.7. The third-order valence-corrected chi connectivity index (χ3v) is 20.1. The predicted octanol–water partition coefficient (Wildman–Crippen LogP) is 20.5. The molecule has 0 aromatic heterocycles. The SMILES string of the molecule is CC(C)(C)c1ccc(Oc2cc3c4c(c2)N(c2ccc(C(C)(C)C)cc2)c2cc(C(C)(C)C)cc(C(C)(C)C)c2B4c2cc4c(cc2O3)Oc2cc(Oc3ccc(C(C)(C)C)cc3)cc3c2B4c2c(cc(C(C)(C)C)cc2C(C)(C)C)N3c2ccc(C(C)(C)C)cc2)cc1. The fraction of sp³-hybridized carbons (Fsp3) is 0.372. The monoisotopic (exact) mass is 1240 g/mol. The largest absolute Gasteiger partial charge is 0.458 e. The minimum absolute atomic E-state index is 0.00835. The highest BCUT2D eigenvalue weighted by Gasteiger charge is 2.50. The third kappa shape index (κ3) is 11.5. The Bertz CT molecular complexity index is 4200. The van der Waals surface area contributed by atoms with Crippen LogP contribution in [0.1, 0.15) is 211 Å². The molecule has 94 heavy (non-hydrogen) atoms. The maximum Gasteiger partial charge on any atom is 0.256 e. The third-order valence-electron chi connectivity index (χ3n) is 20.1. The van der Waals surface area contributed by atoms with Crippen molar-refractivity contribution in [3.05, 3.63) is 202 Å². The summed E-state index contributed by atoms with van der Waals surface area (Å²) in [6.07, 6.45) is 0. The Kier molecular flexibility index (Phi) is 14.9. The summed E-state index contributed by atoms with van der Waals surface area (Å²) >= 11 is 0. The van der Waals surface area contributed by atoms with Gasteiger partial charge in [0.25, 0.3) is 13.4 Å². The highest BCUT2D eigenvalue weighted by atomic mass is 16.5. The Balaban J connectivity index is 1.10. The normalized spacial score (nSPS) is 14.5. The van der Waals surface area contributed by atoms with Crippen LogP contribution in [-0.4, -0.2) is 13.4 Å². The molecule has 6 nitrogen and oxygen atoms in total. The lowest BCUT2D eigenvalue weighted by molar-refractivity contribution is 0.451. The van der Waals surface area contributed by atoms with Gasteiger partial charge in [0.05, 0.1) is 0 Å². The van der Waals surface area contributed by atoms with Gasteiger partial charge in [-0.3, -0.25) is 0 Å². The maximum absolute atomic E-state index is 7.62. The summed E-state index contributed by atoms with van der Waals surface area (Å²) in [5, 5.41) is 0. The number of fused-ring (bicyclic) bond motifs is 8. The predicted molar refractivity (Wildman–Crippen MR) is 401 cm³/mol. The molecule has 4 heterocycles. The van der Waals surface area contributed by atoms with Crippen LogP contribution >= 0.6 is 0 Å². The molecule has 0 unspecified atom stereocenters. The van der Waals surface area contributed by atoms with E-state index in [2.05, 4.69) is 334 Å². The number of nitrogens with zero attached hydrogens (tertiary/aromatic N) is 2. The summed E-state index contributed by atoms with van der Waals surface area (Å²) in [4.78, 5) is 5.02. The summed E-state index contributed by atoms with van der Waals surface area (Å²) in [5.41, 5.74) is 22.8. The fourth-order valence-electron chi connectivity index (χ4n) is 14.5. The zero-order valence-electron chi connectivity index (χ0n) is 60.7. The second-order valence-corrected chi connectivity index (χ2v) is 35.6. The van der Waals surface area contributed by atoms with Gasteiger partial charge in [0.2, 0.25) is 0 Å². The second-order valence-electron chi connectivity index (χ2n) is 35.6. The van der Waals surface area contributed by atoms with Crippen molar-refractivity contribution < 1.29 is 18.9 Å². The number of hydrogen-bond donors (Lipinski definition) is 0. The van der Waals surface area contributed by atoms with Crippen LogP contribution in [-0.2, 0) is 43.3 Å². The molecular formula is C86H98B2N2O4. The minimum atomic E-state index is -0.270. The van der Waals surface area contributed by atoms with Crippen molar-refractivity contribution in [2.24, 2.45) is 0 Å². The van der Waals surface area contributed by atoms with E-state index in [1.165, 1.54) is 55.4 Å². The number of anilines is 6. The second kappa shape index (κ2) is 21.7. The van der Waals surface area contributed by atoms with Crippen LogP contribution < -0.4 is 61.5 Å². The average Bonchev–Trinajstić information content (AvgIpc) is 0.693. The summed E-state index contributed by atoms with van der Waals surface area (Å²) in [6.45, 7) is 55.1. The van der Waals surface area contributed by atoms with Crippen LogP contribution in [0.2, 0.25) is 0 Å². The van der Waals surface area contributed by atoms with Crippen molar-refractivity contribution in [1.29, 1.82) is 0 Å². The number of rotatable bonds is 6. The lowest BCUT2D eigenvalue weighted by Gasteiger charge is -2.45. The molecule has 8 heteroatoms. The van der Waals surface area contributed by atoms with Crippen molar-refractivity contribution in [2.45, 2.75) is 209 Å². The van der Waals surface area contributed by atoms with Crippen LogP contribution in [0.4, 0.5) is 34.1 Å². The molecule has 9 aromatic carbocycles. The Morgan fingerprint density at radius 3 is 0.830 bits per heavy atom. The van der Waals surface area contributed by atoms with Gasteiger partial charge in [-0.25, -0.2) is 0 Å². The molecule has 0 aliphatic carbocycles. The Labute approximate surface area is 563 Å². The first-order chi connectivity index (χ1) is 43.6. The summed E-state index contributed by atoms with van der Waals surface area (Å²) < 4.78 is 29.4. The van der Waals surface area contributed by atoms with Crippen LogP contribution in [0, 0.1) is 0 Å². The number of benzene rings is 9. The van der Waals surface area contributed by atoms with Gasteiger partial charge in [-0.2, -0.15) is 0 Å². The van der Waals surface area contributed by atoms with E-state index < -0.39 is 0 Å². The molecule has 0 amide bonds. The quantitative estimate of drug-likeness (QED) is 0.155. The molecular weight excluding hydrogens is 1150 g/mol. The van der Waals surface area contributed by atoms with E-state index in [1.54, 1.807) is 0 Å². The first kappa shape index (κ1) is 64.6. The first-order valence-corrected chi connectivity index (χ1v) is 34.3. The van der Waals surface area contributed by atoms with Gasteiger partial charge >= 0.3 is 0 Å². The lowest BCUT2D eigenvalue weighted by atomic mass is 9.30. The van der Waals surface area contributed by atoms with E-state index in [1.807, 2.05) is 0 Å². The van der Waals surface area contributed by atoms with E-state index in [0.717, 1.165) is 90.5 Å². The molecule has 9 aromatic rings. The molecule has 482 valence electrons. The Morgan fingerprint density at radius 1 is 0.255 bits per heavy atom. The van der Waals surface area contributed by atoms with Crippen LogP contribution in [0.5, 0.6) is 46.0 Å². The van der Waals surface area contributed by atoms with Gasteiger partial charge in [0, 0.05) is 64.5 Å². The van der Waals surface area contributed by atoms with Crippen molar-refractivity contribution in [1.82, 2.24) is 0 Å². The molecule has 0 atom stereocenters. The molecule has 0 saturated heterocycles. The first-order valence-electron chi connectivity index (χ1n) is 34.3. The molecule has 0 saturated carbocycles. The summed E-state index contributed by atoms with van der Waals surface area (Å²) in [5.74, 6) is 5.94. The van der Waals surface area contributed by atoms with Crippen LogP contribution in [0.15, 0.2) is 158 Å².